The highest BCUT2D eigenvalue weighted by molar-refractivity contribution is 5.53. The fourth-order valence-electron chi connectivity index (χ4n) is 1.52. The zero-order valence-electron chi connectivity index (χ0n) is 9.74. The lowest BCUT2D eigenvalue weighted by atomic mass is 10.1. The number of alkyl halides is 3. The van der Waals surface area contributed by atoms with E-state index in [0.29, 0.717) is 11.4 Å². The number of nitrogen functional groups attached to an aromatic ring is 2. The monoisotopic (exact) mass is 268 g/mol. The van der Waals surface area contributed by atoms with Crippen molar-refractivity contribution >= 4 is 11.4 Å². The summed E-state index contributed by atoms with van der Waals surface area (Å²) in [6.07, 6.45) is -4.51. The van der Waals surface area contributed by atoms with Gasteiger partial charge in [0.25, 0.3) is 0 Å². The fourth-order valence-corrected chi connectivity index (χ4v) is 1.52. The van der Waals surface area contributed by atoms with Gasteiger partial charge in [-0.25, -0.2) is 0 Å². The van der Waals surface area contributed by atoms with Gasteiger partial charge >= 0.3 is 6.18 Å². The van der Waals surface area contributed by atoms with Crippen LogP contribution in [0.4, 0.5) is 24.5 Å². The smallest absolute Gasteiger partial charge is 0.418 e. The summed E-state index contributed by atoms with van der Waals surface area (Å²) in [5.74, 6) is 0.457. The van der Waals surface area contributed by atoms with E-state index in [4.69, 9.17) is 16.2 Å². The molecule has 0 aliphatic carbocycles. The molecule has 0 bridgehead atoms. The summed E-state index contributed by atoms with van der Waals surface area (Å²) in [6.45, 7) is 0. The fraction of sp³-hybridized carbons (Fsp3) is 0.0769. The standard InChI is InChI=1S/C13H11F3N2O/c14-13(15,16)11-7-10(5-6-12(11)18)19-9-3-1-8(17)2-4-9/h1-7H,17-18H2. The maximum Gasteiger partial charge on any atom is 0.418 e. The summed E-state index contributed by atoms with van der Waals surface area (Å²) < 4.78 is 43.3. The van der Waals surface area contributed by atoms with Crippen molar-refractivity contribution in [1.29, 1.82) is 0 Å². The molecule has 0 aromatic heterocycles. The molecule has 0 saturated heterocycles. The summed E-state index contributed by atoms with van der Waals surface area (Å²) in [4.78, 5) is 0. The summed E-state index contributed by atoms with van der Waals surface area (Å²) in [6, 6.07) is 9.73. The van der Waals surface area contributed by atoms with Gasteiger partial charge in [-0.1, -0.05) is 0 Å². The Hall–Kier alpha value is -2.37. The third-order valence-corrected chi connectivity index (χ3v) is 2.45. The normalized spacial score (nSPS) is 11.3. The molecule has 2 rings (SSSR count). The van der Waals surface area contributed by atoms with Gasteiger partial charge in [-0.2, -0.15) is 13.2 Å². The third-order valence-electron chi connectivity index (χ3n) is 2.45. The highest BCUT2D eigenvalue weighted by Gasteiger charge is 2.33. The lowest BCUT2D eigenvalue weighted by Gasteiger charge is -2.12. The predicted molar refractivity (Wildman–Crippen MR) is 66.8 cm³/mol. The van der Waals surface area contributed by atoms with Crippen LogP contribution in [-0.4, -0.2) is 0 Å². The van der Waals surface area contributed by atoms with E-state index in [2.05, 4.69) is 0 Å². The lowest BCUT2D eigenvalue weighted by Crippen LogP contribution is -2.08. The summed E-state index contributed by atoms with van der Waals surface area (Å²) >= 11 is 0. The first kappa shape index (κ1) is 13.1. The first-order chi connectivity index (χ1) is 8.86. The Balaban J connectivity index is 2.29. The molecule has 0 amide bonds. The second kappa shape index (κ2) is 4.72. The van der Waals surface area contributed by atoms with Gasteiger partial charge in [0.2, 0.25) is 0 Å². The van der Waals surface area contributed by atoms with Gasteiger partial charge in [-0.15, -0.1) is 0 Å². The summed E-state index contributed by atoms with van der Waals surface area (Å²) in [5.41, 5.74) is 10.1. The molecule has 4 N–H and O–H groups in total. The largest absolute Gasteiger partial charge is 0.457 e. The second-order valence-corrected chi connectivity index (χ2v) is 3.92. The van der Waals surface area contributed by atoms with E-state index in [1.807, 2.05) is 0 Å². The molecule has 3 nitrogen and oxygen atoms in total. The lowest BCUT2D eigenvalue weighted by molar-refractivity contribution is -0.137. The van der Waals surface area contributed by atoms with Crippen molar-refractivity contribution in [2.75, 3.05) is 11.5 Å². The Morgan fingerprint density at radius 2 is 1.42 bits per heavy atom. The zero-order valence-corrected chi connectivity index (χ0v) is 9.74. The number of nitrogens with two attached hydrogens (primary N) is 2. The van der Waals surface area contributed by atoms with Crippen LogP contribution in [0.5, 0.6) is 11.5 Å². The van der Waals surface area contributed by atoms with Crippen molar-refractivity contribution in [2.45, 2.75) is 6.18 Å². The molecule has 0 heterocycles. The van der Waals surface area contributed by atoms with Crippen molar-refractivity contribution < 1.29 is 17.9 Å². The van der Waals surface area contributed by atoms with E-state index < -0.39 is 11.7 Å². The van der Waals surface area contributed by atoms with Crippen LogP contribution in [0.15, 0.2) is 42.5 Å². The molecule has 0 unspecified atom stereocenters. The van der Waals surface area contributed by atoms with E-state index in [0.717, 1.165) is 12.1 Å². The van der Waals surface area contributed by atoms with Gasteiger partial charge in [-0.05, 0) is 42.5 Å². The van der Waals surface area contributed by atoms with E-state index in [1.54, 1.807) is 24.3 Å². The molecule has 0 saturated carbocycles. The highest BCUT2D eigenvalue weighted by Crippen LogP contribution is 2.36. The van der Waals surface area contributed by atoms with Crippen molar-refractivity contribution in [2.24, 2.45) is 0 Å². The molecular weight excluding hydrogens is 257 g/mol. The van der Waals surface area contributed by atoms with E-state index in [-0.39, 0.29) is 11.4 Å². The Labute approximate surface area is 107 Å². The van der Waals surface area contributed by atoms with Crippen molar-refractivity contribution in [3.63, 3.8) is 0 Å². The summed E-state index contributed by atoms with van der Waals surface area (Å²) in [5, 5.41) is 0. The Morgan fingerprint density at radius 3 is 2.00 bits per heavy atom. The molecule has 19 heavy (non-hydrogen) atoms. The molecule has 0 atom stereocenters. The Morgan fingerprint density at radius 1 is 0.842 bits per heavy atom. The van der Waals surface area contributed by atoms with Gasteiger partial charge in [-0.3, -0.25) is 0 Å². The molecule has 0 spiro atoms. The highest BCUT2D eigenvalue weighted by atomic mass is 19.4. The number of hydrogen-bond donors (Lipinski definition) is 2. The molecule has 2 aromatic rings. The van der Waals surface area contributed by atoms with E-state index in [1.165, 1.54) is 6.07 Å². The number of anilines is 2. The first-order valence-electron chi connectivity index (χ1n) is 5.36. The minimum absolute atomic E-state index is 0.0614. The van der Waals surface area contributed by atoms with Crippen molar-refractivity contribution in [3.8, 4) is 11.5 Å². The topological polar surface area (TPSA) is 61.3 Å². The number of ether oxygens (including phenoxy) is 1. The SMILES string of the molecule is Nc1ccc(Oc2ccc(N)c(C(F)(F)F)c2)cc1. The molecule has 0 aliphatic rings. The van der Waals surface area contributed by atoms with Crippen LogP contribution in [0, 0.1) is 0 Å². The Kier molecular flexibility index (Phi) is 3.25. The minimum atomic E-state index is -4.51. The zero-order chi connectivity index (χ0) is 14.0. The van der Waals surface area contributed by atoms with Crippen LogP contribution in [0.2, 0.25) is 0 Å². The predicted octanol–water partition coefficient (Wildman–Crippen LogP) is 3.66. The number of rotatable bonds is 2. The van der Waals surface area contributed by atoms with Crippen LogP contribution in [0.3, 0.4) is 0 Å². The number of benzene rings is 2. The average molecular weight is 268 g/mol. The van der Waals surface area contributed by atoms with Crippen LogP contribution in [-0.2, 0) is 6.18 Å². The average Bonchev–Trinajstić information content (AvgIpc) is 2.33. The van der Waals surface area contributed by atoms with Gasteiger partial charge < -0.3 is 16.2 Å². The number of hydrogen-bond acceptors (Lipinski definition) is 3. The molecule has 0 aliphatic heterocycles. The molecule has 0 fully saturated rings. The minimum Gasteiger partial charge on any atom is -0.457 e. The summed E-state index contributed by atoms with van der Waals surface area (Å²) in [7, 11) is 0. The first-order valence-corrected chi connectivity index (χ1v) is 5.36. The third kappa shape index (κ3) is 3.09. The maximum atomic E-state index is 12.7. The maximum absolute atomic E-state index is 12.7. The molecule has 100 valence electrons. The Bertz CT molecular complexity index is 579. The quantitative estimate of drug-likeness (QED) is 0.817. The molecule has 0 radical (unpaired) electrons. The van der Waals surface area contributed by atoms with Crippen LogP contribution < -0.4 is 16.2 Å². The van der Waals surface area contributed by atoms with Crippen LogP contribution in [0.25, 0.3) is 0 Å². The van der Waals surface area contributed by atoms with Gasteiger partial charge in [0, 0.05) is 11.4 Å². The van der Waals surface area contributed by atoms with Crippen molar-refractivity contribution in [3.05, 3.63) is 48.0 Å². The van der Waals surface area contributed by atoms with Gasteiger partial charge in [0.15, 0.2) is 0 Å². The molecule has 6 heteroatoms. The molecular formula is C13H11F3N2O. The van der Waals surface area contributed by atoms with E-state index in [9.17, 15) is 13.2 Å². The second-order valence-electron chi connectivity index (χ2n) is 3.92. The van der Waals surface area contributed by atoms with Crippen molar-refractivity contribution in [1.82, 2.24) is 0 Å². The van der Waals surface area contributed by atoms with Gasteiger partial charge in [0.05, 0.1) is 5.56 Å². The van der Waals surface area contributed by atoms with Crippen LogP contribution >= 0.6 is 0 Å². The van der Waals surface area contributed by atoms with E-state index >= 15 is 0 Å². The van der Waals surface area contributed by atoms with Crippen LogP contribution in [0.1, 0.15) is 5.56 Å². The molecule has 2 aromatic carbocycles. The number of halogens is 3. The van der Waals surface area contributed by atoms with Gasteiger partial charge in [0.1, 0.15) is 11.5 Å².